The Hall–Kier alpha value is -3.51. The van der Waals surface area contributed by atoms with Crippen LogP contribution >= 0.6 is 11.6 Å². The van der Waals surface area contributed by atoms with Crippen LogP contribution in [-0.2, 0) is 17.8 Å². The maximum atomic E-state index is 12.1. The summed E-state index contributed by atoms with van der Waals surface area (Å²) in [5.41, 5.74) is 2.64. The molecule has 0 saturated carbocycles. The molecule has 3 aromatic rings. The molecule has 172 valence electrons. The van der Waals surface area contributed by atoms with Gasteiger partial charge < -0.3 is 19.1 Å². The fourth-order valence-electron chi connectivity index (χ4n) is 3.42. The Bertz CT molecular complexity index is 1180. The van der Waals surface area contributed by atoms with Crippen LogP contribution < -0.4 is 9.47 Å². The van der Waals surface area contributed by atoms with Gasteiger partial charge in [-0.15, -0.1) is 0 Å². The summed E-state index contributed by atoms with van der Waals surface area (Å²) in [4.78, 5) is 16.6. The van der Waals surface area contributed by atoms with Gasteiger partial charge in [-0.2, -0.15) is 0 Å². The molecule has 3 rings (SSSR count). The highest BCUT2D eigenvalue weighted by atomic mass is 35.5. The number of methoxy groups -OCH3 is 2. The van der Waals surface area contributed by atoms with E-state index in [1.807, 2.05) is 54.0 Å². The molecule has 7 heteroatoms. The summed E-state index contributed by atoms with van der Waals surface area (Å²) in [7, 11) is 3.11. The highest BCUT2D eigenvalue weighted by Gasteiger charge is 2.15. The van der Waals surface area contributed by atoms with Gasteiger partial charge in [0.05, 0.1) is 32.7 Å². The first-order chi connectivity index (χ1) is 16.0. The third kappa shape index (κ3) is 6.05. The summed E-state index contributed by atoms with van der Waals surface area (Å²) in [6, 6.07) is 13.0. The Balaban J connectivity index is 2.01. The van der Waals surface area contributed by atoms with Crippen molar-refractivity contribution in [1.29, 1.82) is 0 Å². The van der Waals surface area contributed by atoms with Crippen LogP contribution in [0.25, 0.3) is 12.2 Å². The van der Waals surface area contributed by atoms with E-state index in [1.165, 1.54) is 0 Å². The molecule has 1 heterocycles. The summed E-state index contributed by atoms with van der Waals surface area (Å²) in [5, 5.41) is 10.6. The van der Waals surface area contributed by atoms with Crippen LogP contribution in [0.5, 0.6) is 11.5 Å². The number of ether oxygens (including phenoxy) is 2. The van der Waals surface area contributed by atoms with Gasteiger partial charge in [-0.25, -0.2) is 9.78 Å². The monoisotopic (exact) mass is 466 g/mol. The zero-order valence-electron chi connectivity index (χ0n) is 18.9. The van der Waals surface area contributed by atoms with Crippen LogP contribution in [0.1, 0.15) is 36.0 Å². The molecule has 0 radical (unpaired) electrons. The molecular formula is C26H27ClN2O4. The minimum atomic E-state index is -0.999. The van der Waals surface area contributed by atoms with Gasteiger partial charge in [-0.3, -0.25) is 0 Å². The van der Waals surface area contributed by atoms with Gasteiger partial charge in [0.25, 0.3) is 0 Å². The van der Waals surface area contributed by atoms with Crippen molar-refractivity contribution < 1.29 is 19.4 Å². The standard InChI is InChI=1S/C26H27ClN2O4/c1-4-5-10-25-28-16-21(29(25)17-19-8-6-7-9-22(19)27)15-20(26(30)31)13-18-11-12-23(32-2)24(14-18)33-3/h5-12,14-16H,4,13,17H2,1-3H3,(H,30,31). The number of imidazole rings is 1. The van der Waals surface area contributed by atoms with Gasteiger partial charge in [-0.05, 0) is 47.9 Å². The Morgan fingerprint density at radius 1 is 1.15 bits per heavy atom. The molecular weight excluding hydrogens is 440 g/mol. The lowest BCUT2D eigenvalue weighted by Crippen LogP contribution is -2.08. The molecule has 0 saturated heterocycles. The van der Waals surface area contributed by atoms with Gasteiger partial charge in [-0.1, -0.05) is 48.9 Å². The first kappa shape index (κ1) is 24.1. The van der Waals surface area contributed by atoms with Crippen LogP contribution in [0.3, 0.4) is 0 Å². The van der Waals surface area contributed by atoms with Crippen LogP contribution in [0.4, 0.5) is 0 Å². The van der Waals surface area contributed by atoms with Gasteiger partial charge >= 0.3 is 5.97 Å². The van der Waals surface area contributed by atoms with Crippen LogP contribution in [0.15, 0.2) is 60.3 Å². The summed E-state index contributed by atoms with van der Waals surface area (Å²) in [6.45, 7) is 2.52. The van der Waals surface area contributed by atoms with E-state index in [4.69, 9.17) is 21.1 Å². The number of benzene rings is 2. The first-order valence-corrected chi connectivity index (χ1v) is 10.9. The van der Waals surface area contributed by atoms with E-state index in [-0.39, 0.29) is 12.0 Å². The Morgan fingerprint density at radius 2 is 1.91 bits per heavy atom. The third-order valence-corrected chi connectivity index (χ3v) is 5.51. The van der Waals surface area contributed by atoms with E-state index < -0.39 is 5.97 Å². The van der Waals surface area contributed by atoms with Crippen molar-refractivity contribution in [3.63, 3.8) is 0 Å². The lowest BCUT2D eigenvalue weighted by atomic mass is 10.0. The number of allylic oxidation sites excluding steroid dienone is 1. The Labute approximate surface area is 198 Å². The van der Waals surface area contributed by atoms with Gasteiger partial charge in [0, 0.05) is 17.0 Å². The summed E-state index contributed by atoms with van der Waals surface area (Å²) in [6.07, 6.45) is 8.37. The number of aliphatic carboxylic acids is 1. The molecule has 0 fully saturated rings. The van der Waals surface area contributed by atoms with Gasteiger partial charge in [0.2, 0.25) is 0 Å². The highest BCUT2D eigenvalue weighted by molar-refractivity contribution is 6.31. The molecule has 0 atom stereocenters. The first-order valence-electron chi connectivity index (χ1n) is 10.6. The maximum absolute atomic E-state index is 12.1. The predicted molar refractivity (Wildman–Crippen MR) is 131 cm³/mol. The lowest BCUT2D eigenvalue weighted by Gasteiger charge is -2.12. The number of aromatic nitrogens is 2. The van der Waals surface area contributed by atoms with Gasteiger partial charge in [0.1, 0.15) is 5.82 Å². The third-order valence-electron chi connectivity index (χ3n) is 5.15. The molecule has 6 nitrogen and oxygen atoms in total. The van der Waals surface area contributed by atoms with Crippen LogP contribution in [0, 0.1) is 0 Å². The molecule has 1 aromatic heterocycles. The van der Waals surface area contributed by atoms with Crippen molar-refractivity contribution in [1.82, 2.24) is 9.55 Å². The molecule has 0 aliphatic heterocycles. The smallest absolute Gasteiger partial charge is 0.331 e. The summed E-state index contributed by atoms with van der Waals surface area (Å²) >= 11 is 6.38. The topological polar surface area (TPSA) is 73.6 Å². The zero-order valence-corrected chi connectivity index (χ0v) is 19.7. The molecule has 0 unspecified atom stereocenters. The number of hydrogen-bond donors (Lipinski definition) is 1. The number of halogens is 1. The largest absolute Gasteiger partial charge is 0.493 e. The quantitative estimate of drug-likeness (QED) is 0.386. The fraction of sp³-hybridized carbons (Fsp3) is 0.231. The van der Waals surface area contributed by atoms with E-state index in [0.717, 1.165) is 23.4 Å². The molecule has 2 aromatic carbocycles. The fourth-order valence-corrected chi connectivity index (χ4v) is 3.62. The Kier molecular flexibility index (Phi) is 8.33. The second kappa shape index (κ2) is 11.4. The van der Waals surface area contributed by atoms with Crippen molar-refractivity contribution in [2.45, 2.75) is 26.3 Å². The molecule has 0 aliphatic rings. The number of carbonyl (C=O) groups is 1. The molecule has 33 heavy (non-hydrogen) atoms. The molecule has 0 spiro atoms. The molecule has 1 N–H and O–H groups in total. The van der Waals surface area contributed by atoms with Gasteiger partial charge in [0.15, 0.2) is 11.5 Å². The summed E-state index contributed by atoms with van der Waals surface area (Å²) < 4.78 is 12.6. The maximum Gasteiger partial charge on any atom is 0.331 e. The van der Waals surface area contributed by atoms with Crippen molar-refractivity contribution in [3.8, 4) is 11.5 Å². The molecule has 0 bridgehead atoms. The average Bonchev–Trinajstić information content (AvgIpc) is 3.19. The normalized spacial score (nSPS) is 11.7. The number of carboxylic acid groups (broad SMARTS) is 1. The minimum absolute atomic E-state index is 0.215. The van der Waals surface area contributed by atoms with Crippen LogP contribution in [-0.4, -0.2) is 34.8 Å². The van der Waals surface area contributed by atoms with Crippen molar-refractivity contribution in [2.24, 2.45) is 0 Å². The van der Waals surface area contributed by atoms with Crippen molar-refractivity contribution in [3.05, 3.63) is 88.0 Å². The molecule has 0 amide bonds. The Morgan fingerprint density at radius 3 is 2.58 bits per heavy atom. The van der Waals surface area contributed by atoms with Crippen LogP contribution in [0.2, 0.25) is 5.02 Å². The SMILES string of the molecule is CCC=Cc1ncc(C=C(Cc2ccc(OC)c(OC)c2)C(=O)O)n1Cc1ccccc1Cl. The van der Waals surface area contributed by atoms with E-state index in [2.05, 4.69) is 4.98 Å². The number of nitrogens with zero attached hydrogens (tertiary/aromatic N) is 2. The average molecular weight is 467 g/mol. The number of hydrogen-bond acceptors (Lipinski definition) is 4. The van der Waals surface area contributed by atoms with E-state index >= 15 is 0 Å². The minimum Gasteiger partial charge on any atom is -0.493 e. The summed E-state index contributed by atoms with van der Waals surface area (Å²) in [5.74, 6) is 0.877. The van der Waals surface area contributed by atoms with Crippen molar-refractivity contribution >= 4 is 29.7 Å². The number of rotatable bonds is 10. The lowest BCUT2D eigenvalue weighted by molar-refractivity contribution is -0.132. The van der Waals surface area contributed by atoms with E-state index in [1.54, 1.807) is 38.6 Å². The molecule has 0 aliphatic carbocycles. The predicted octanol–water partition coefficient (Wildman–Crippen LogP) is 5.74. The second-order valence-electron chi connectivity index (χ2n) is 7.37. The van der Waals surface area contributed by atoms with E-state index in [0.29, 0.717) is 28.8 Å². The van der Waals surface area contributed by atoms with E-state index in [9.17, 15) is 9.90 Å². The zero-order chi connectivity index (χ0) is 23.8. The highest BCUT2D eigenvalue weighted by Crippen LogP contribution is 2.29. The second-order valence-corrected chi connectivity index (χ2v) is 7.78. The number of carboxylic acids is 1. The van der Waals surface area contributed by atoms with Crippen molar-refractivity contribution in [2.75, 3.05) is 14.2 Å².